The summed E-state index contributed by atoms with van der Waals surface area (Å²) in [5.41, 5.74) is 1.80. The predicted octanol–water partition coefficient (Wildman–Crippen LogP) is 3.99. The summed E-state index contributed by atoms with van der Waals surface area (Å²) in [6, 6.07) is 19.8. The number of nitrogens with one attached hydrogen (secondary N) is 2. The Bertz CT molecular complexity index is 1460. The van der Waals surface area contributed by atoms with Gasteiger partial charge in [0, 0.05) is 41.3 Å². The van der Waals surface area contributed by atoms with Gasteiger partial charge in [-0.05, 0) is 42.3 Å². The third-order valence-electron chi connectivity index (χ3n) is 5.46. The van der Waals surface area contributed by atoms with E-state index in [1.54, 1.807) is 19.1 Å². The van der Waals surface area contributed by atoms with E-state index in [9.17, 15) is 24.5 Å². The number of nitro benzene ring substituents is 1. The lowest BCUT2D eigenvalue weighted by molar-refractivity contribution is -0.384. The molecule has 3 aromatic carbocycles. The molecule has 176 valence electrons. The Kier molecular flexibility index (Phi) is 6.68. The number of benzene rings is 3. The van der Waals surface area contributed by atoms with Crippen molar-refractivity contribution in [3.05, 3.63) is 116 Å². The molecular weight excluding hydrogens is 450 g/mol. The van der Waals surface area contributed by atoms with Crippen molar-refractivity contribution in [1.29, 1.82) is 0 Å². The fourth-order valence-electron chi connectivity index (χ4n) is 3.66. The minimum atomic E-state index is -0.944. The average molecular weight is 471 g/mol. The highest BCUT2D eigenvalue weighted by Crippen LogP contribution is 2.19. The number of hydrogen-bond donors (Lipinski definition) is 2. The Hall–Kier alpha value is -4.79. The molecule has 0 saturated carbocycles. The zero-order chi connectivity index (χ0) is 24.9. The SMILES string of the molecule is Cc1cc(=O)oc2cc(C(=O)N[C@@H](Cc3ccccc3)C(=O)Nc3ccc([N+](=O)[O-])cc3)ccc12. The topological polar surface area (TPSA) is 132 Å². The number of nitro groups is 1. The van der Waals surface area contributed by atoms with Gasteiger partial charge in [0.15, 0.2) is 0 Å². The molecule has 0 spiro atoms. The lowest BCUT2D eigenvalue weighted by atomic mass is 10.0. The van der Waals surface area contributed by atoms with Gasteiger partial charge in [-0.1, -0.05) is 36.4 Å². The van der Waals surface area contributed by atoms with E-state index in [0.717, 1.165) is 11.1 Å². The zero-order valence-corrected chi connectivity index (χ0v) is 18.7. The molecule has 2 amide bonds. The summed E-state index contributed by atoms with van der Waals surface area (Å²) in [4.78, 5) is 48.2. The molecule has 35 heavy (non-hydrogen) atoms. The minimum absolute atomic E-state index is 0.102. The highest BCUT2D eigenvalue weighted by Gasteiger charge is 2.23. The molecule has 4 rings (SSSR count). The maximum atomic E-state index is 13.1. The van der Waals surface area contributed by atoms with Gasteiger partial charge in [0.1, 0.15) is 11.6 Å². The van der Waals surface area contributed by atoms with Crippen molar-refractivity contribution >= 4 is 34.2 Å². The van der Waals surface area contributed by atoms with E-state index in [-0.39, 0.29) is 23.3 Å². The molecule has 1 aromatic heterocycles. The van der Waals surface area contributed by atoms with Gasteiger partial charge in [-0.15, -0.1) is 0 Å². The van der Waals surface area contributed by atoms with Crippen molar-refractivity contribution in [2.75, 3.05) is 5.32 Å². The van der Waals surface area contributed by atoms with Crippen LogP contribution in [0, 0.1) is 17.0 Å². The smallest absolute Gasteiger partial charge is 0.336 e. The molecule has 0 radical (unpaired) electrons. The highest BCUT2D eigenvalue weighted by molar-refractivity contribution is 6.02. The fraction of sp³-hybridized carbons (Fsp3) is 0.115. The molecule has 1 heterocycles. The Morgan fingerprint density at radius 2 is 1.71 bits per heavy atom. The maximum absolute atomic E-state index is 13.1. The summed E-state index contributed by atoms with van der Waals surface area (Å²) in [6.07, 6.45) is 0.215. The number of aryl methyl sites for hydroxylation is 1. The normalized spacial score (nSPS) is 11.6. The number of fused-ring (bicyclic) bond motifs is 1. The van der Waals surface area contributed by atoms with E-state index in [2.05, 4.69) is 10.6 Å². The number of carbonyl (C=O) groups is 2. The third-order valence-corrected chi connectivity index (χ3v) is 5.46. The Labute approximate surface area is 199 Å². The number of anilines is 1. The van der Waals surface area contributed by atoms with Gasteiger partial charge in [0.05, 0.1) is 4.92 Å². The van der Waals surface area contributed by atoms with Crippen LogP contribution in [0.2, 0.25) is 0 Å². The van der Waals surface area contributed by atoms with E-state index < -0.39 is 28.4 Å². The molecule has 9 heteroatoms. The van der Waals surface area contributed by atoms with Gasteiger partial charge in [0.2, 0.25) is 5.91 Å². The van der Waals surface area contributed by atoms with Crippen LogP contribution in [0.3, 0.4) is 0 Å². The van der Waals surface area contributed by atoms with Gasteiger partial charge in [-0.25, -0.2) is 4.79 Å². The summed E-state index contributed by atoms with van der Waals surface area (Å²) in [5, 5.41) is 17.0. The van der Waals surface area contributed by atoms with Gasteiger partial charge in [-0.3, -0.25) is 19.7 Å². The van der Waals surface area contributed by atoms with Crippen LogP contribution in [0.1, 0.15) is 21.5 Å². The molecule has 1 atom stereocenters. The van der Waals surface area contributed by atoms with Crippen LogP contribution < -0.4 is 16.3 Å². The van der Waals surface area contributed by atoms with Crippen molar-refractivity contribution in [1.82, 2.24) is 5.32 Å². The number of hydrogen-bond acceptors (Lipinski definition) is 6. The second kappa shape index (κ2) is 10.0. The highest BCUT2D eigenvalue weighted by atomic mass is 16.6. The third kappa shape index (κ3) is 5.59. The molecule has 4 aromatic rings. The summed E-state index contributed by atoms with van der Waals surface area (Å²) in [6.45, 7) is 1.78. The molecule has 0 aliphatic heterocycles. The molecule has 2 N–H and O–H groups in total. The first-order valence-corrected chi connectivity index (χ1v) is 10.7. The lowest BCUT2D eigenvalue weighted by Gasteiger charge is -2.19. The van der Waals surface area contributed by atoms with Crippen LogP contribution in [-0.2, 0) is 11.2 Å². The fourth-order valence-corrected chi connectivity index (χ4v) is 3.66. The van der Waals surface area contributed by atoms with Crippen molar-refractivity contribution < 1.29 is 18.9 Å². The van der Waals surface area contributed by atoms with Gasteiger partial charge in [-0.2, -0.15) is 0 Å². The largest absolute Gasteiger partial charge is 0.423 e. The maximum Gasteiger partial charge on any atom is 0.336 e. The summed E-state index contributed by atoms with van der Waals surface area (Å²) < 4.78 is 5.22. The first kappa shape index (κ1) is 23.4. The van der Waals surface area contributed by atoms with Crippen molar-refractivity contribution in [2.24, 2.45) is 0 Å². The number of carbonyl (C=O) groups excluding carboxylic acids is 2. The average Bonchev–Trinajstić information content (AvgIpc) is 2.84. The quantitative estimate of drug-likeness (QED) is 0.238. The minimum Gasteiger partial charge on any atom is -0.423 e. The van der Waals surface area contributed by atoms with Crippen LogP contribution in [0.4, 0.5) is 11.4 Å². The molecule has 9 nitrogen and oxygen atoms in total. The van der Waals surface area contributed by atoms with Gasteiger partial charge < -0.3 is 15.1 Å². The zero-order valence-electron chi connectivity index (χ0n) is 18.7. The molecule has 0 aliphatic carbocycles. The Balaban J connectivity index is 1.58. The molecule has 0 bridgehead atoms. The summed E-state index contributed by atoms with van der Waals surface area (Å²) in [7, 11) is 0. The summed E-state index contributed by atoms with van der Waals surface area (Å²) in [5.74, 6) is -1.00. The number of rotatable bonds is 7. The van der Waals surface area contributed by atoms with E-state index in [0.29, 0.717) is 11.1 Å². The molecular formula is C26H21N3O6. The van der Waals surface area contributed by atoms with Crippen LogP contribution in [-0.4, -0.2) is 22.8 Å². The van der Waals surface area contributed by atoms with Crippen LogP contribution >= 0.6 is 0 Å². The molecule has 0 fully saturated rings. The second-order valence-corrected chi connectivity index (χ2v) is 7.97. The first-order valence-electron chi connectivity index (χ1n) is 10.7. The van der Waals surface area contributed by atoms with Crippen molar-refractivity contribution in [3.8, 4) is 0 Å². The van der Waals surface area contributed by atoms with Crippen LogP contribution in [0.5, 0.6) is 0 Å². The van der Waals surface area contributed by atoms with Crippen molar-refractivity contribution in [2.45, 2.75) is 19.4 Å². The van der Waals surface area contributed by atoms with Crippen LogP contribution in [0.15, 0.2) is 88.1 Å². The summed E-state index contributed by atoms with van der Waals surface area (Å²) >= 11 is 0. The van der Waals surface area contributed by atoms with E-state index in [1.165, 1.54) is 36.4 Å². The van der Waals surface area contributed by atoms with E-state index in [1.807, 2.05) is 30.3 Å². The second-order valence-electron chi connectivity index (χ2n) is 7.97. The van der Waals surface area contributed by atoms with Crippen molar-refractivity contribution in [3.63, 3.8) is 0 Å². The van der Waals surface area contributed by atoms with Gasteiger partial charge >= 0.3 is 5.63 Å². The molecule has 0 aliphatic rings. The predicted molar refractivity (Wildman–Crippen MR) is 130 cm³/mol. The number of non-ortho nitro benzene ring substituents is 1. The standard InChI is InChI=1S/C26H21N3O6/c1-16-13-24(30)35-23-15-18(7-12-21(16)23)25(31)28-22(14-17-5-3-2-4-6-17)26(32)27-19-8-10-20(11-9-19)29(33)34/h2-13,15,22H,14H2,1H3,(H,27,32)(H,28,31)/t22-/m0/s1. The Morgan fingerprint density at radius 3 is 2.40 bits per heavy atom. The van der Waals surface area contributed by atoms with E-state index in [4.69, 9.17) is 4.42 Å². The van der Waals surface area contributed by atoms with Gasteiger partial charge in [0.25, 0.3) is 11.6 Å². The molecule has 0 saturated heterocycles. The monoisotopic (exact) mass is 471 g/mol. The number of nitrogens with zero attached hydrogens (tertiary/aromatic N) is 1. The lowest BCUT2D eigenvalue weighted by Crippen LogP contribution is -2.45. The van der Waals surface area contributed by atoms with E-state index >= 15 is 0 Å². The molecule has 0 unspecified atom stereocenters. The Morgan fingerprint density at radius 1 is 1.00 bits per heavy atom. The van der Waals surface area contributed by atoms with Crippen LogP contribution in [0.25, 0.3) is 11.0 Å². The first-order chi connectivity index (χ1) is 16.8. The number of amides is 2.